The van der Waals surface area contributed by atoms with Gasteiger partial charge >= 0.3 is 41.5 Å². The van der Waals surface area contributed by atoms with Crippen LogP contribution in [0.1, 0.15) is 6.42 Å². The minimum absolute atomic E-state index is 0. The molecule has 1 saturated heterocycles. The van der Waals surface area contributed by atoms with Crippen molar-refractivity contribution in [3.63, 3.8) is 0 Å². The number of carboxylic acids is 2. The van der Waals surface area contributed by atoms with Gasteiger partial charge in [-0.25, -0.2) is 0 Å². The molecule has 3 N–H and O–H groups in total. The zero-order valence-corrected chi connectivity index (χ0v) is 5.78. The molecule has 0 saturated carbocycles. The van der Waals surface area contributed by atoms with Crippen LogP contribution >= 0.6 is 0 Å². The van der Waals surface area contributed by atoms with Gasteiger partial charge in [-0.1, -0.05) is 0 Å². The first-order valence-electron chi connectivity index (χ1n) is 3.32. The van der Waals surface area contributed by atoms with Gasteiger partial charge in [-0.3, -0.25) is 9.59 Å². The summed E-state index contributed by atoms with van der Waals surface area (Å²) in [5.74, 6) is -2.90. The Bertz CT molecular complexity index is 176. The van der Waals surface area contributed by atoms with E-state index in [1.165, 1.54) is 0 Å². The fourth-order valence-electron chi connectivity index (χ4n) is 1.23. The first kappa shape index (κ1) is 11.9. The predicted molar refractivity (Wildman–Crippen MR) is 42.3 cm³/mol. The molecule has 1 rings (SSSR count). The predicted octanol–water partition coefficient (Wildman–Crippen LogP) is -1.51. The summed E-state index contributed by atoms with van der Waals surface area (Å²) < 4.78 is 0. The molecule has 0 aromatic carbocycles. The Morgan fingerprint density at radius 1 is 1.25 bits per heavy atom. The van der Waals surface area contributed by atoms with Crippen LogP contribution in [0.2, 0.25) is 0 Å². The molecule has 0 spiro atoms. The summed E-state index contributed by atoms with van der Waals surface area (Å²) in [5, 5.41) is 19.6. The van der Waals surface area contributed by atoms with E-state index in [-0.39, 0.29) is 29.6 Å². The molecular weight excluding hydrogens is 173 g/mol. The third-order valence-corrected chi connectivity index (χ3v) is 1.81. The third kappa shape index (κ3) is 2.45. The molecule has 1 heterocycles. The van der Waals surface area contributed by atoms with Gasteiger partial charge in [-0.05, 0) is 13.0 Å². The Morgan fingerprint density at radius 3 is 2.17 bits per heavy atom. The van der Waals surface area contributed by atoms with Gasteiger partial charge < -0.3 is 15.5 Å². The summed E-state index contributed by atoms with van der Waals surface area (Å²) >= 11 is 0. The topological polar surface area (TPSA) is 86.6 Å². The second kappa shape index (κ2) is 4.81. The van der Waals surface area contributed by atoms with Crippen LogP contribution in [0, 0.1) is 5.92 Å². The summed E-state index contributed by atoms with van der Waals surface area (Å²) in [7, 11) is 0. The quantitative estimate of drug-likeness (QED) is 0.453. The number of carbonyl (C=O) groups is 2. The van der Waals surface area contributed by atoms with Gasteiger partial charge in [0.2, 0.25) is 0 Å². The monoisotopic (exact) mass is 183 g/mol. The maximum atomic E-state index is 10.4. The van der Waals surface area contributed by atoms with Crippen molar-refractivity contribution in [1.82, 2.24) is 5.32 Å². The molecule has 1 aliphatic rings. The summed E-state index contributed by atoms with van der Waals surface area (Å²) in [5.41, 5.74) is 0. The molecule has 0 amide bonds. The van der Waals surface area contributed by atoms with Gasteiger partial charge in [-0.15, -0.1) is 0 Å². The summed E-state index contributed by atoms with van der Waals surface area (Å²) in [6.07, 6.45) is 0.395. The van der Waals surface area contributed by atoms with Crippen molar-refractivity contribution >= 4 is 41.5 Å². The van der Waals surface area contributed by atoms with Crippen molar-refractivity contribution in [1.29, 1.82) is 0 Å². The molecule has 0 radical (unpaired) electrons. The van der Waals surface area contributed by atoms with Crippen LogP contribution in [0.4, 0.5) is 0 Å². The molecule has 0 aromatic heterocycles. The summed E-state index contributed by atoms with van der Waals surface area (Å²) in [6.45, 7) is 0.466. The van der Waals surface area contributed by atoms with E-state index in [4.69, 9.17) is 10.2 Å². The summed E-state index contributed by atoms with van der Waals surface area (Å²) in [6, 6.07) is -0.910. The Balaban J connectivity index is 0.00000121. The van der Waals surface area contributed by atoms with E-state index in [1.54, 1.807) is 0 Å². The van der Waals surface area contributed by atoms with Gasteiger partial charge in [0.15, 0.2) is 0 Å². The summed E-state index contributed by atoms with van der Waals surface area (Å²) in [4.78, 5) is 20.8. The molecule has 1 aliphatic heterocycles. The zero-order valence-electron chi connectivity index (χ0n) is 5.78. The number of nitrogens with one attached hydrogen (secondary N) is 1. The maximum absolute atomic E-state index is 10.4. The normalized spacial score (nSPS) is 27.7. The van der Waals surface area contributed by atoms with Crippen LogP contribution in [0.5, 0.6) is 0 Å². The molecule has 2 atom stereocenters. The second-order valence-corrected chi connectivity index (χ2v) is 2.50. The second-order valence-electron chi connectivity index (χ2n) is 2.50. The van der Waals surface area contributed by atoms with Gasteiger partial charge in [0.25, 0.3) is 0 Å². The van der Waals surface area contributed by atoms with Crippen LogP contribution < -0.4 is 5.32 Å². The van der Waals surface area contributed by atoms with Crippen molar-refractivity contribution in [2.24, 2.45) is 5.92 Å². The van der Waals surface area contributed by atoms with Gasteiger partial charge in [0.05, 0.1) is 5.92 Å². The zero-order chi connectivity index (χ0) is 8.43. The molecule has 6 heteroatoms. The molecule has 64 valence electrons. The van der Waals surface area contributed by atoms with E-state index in [0.29, 0.717) is 13.0 Å². The number of carboxylic acid groups (broad SMARTS) is 2. The third-order valence-electron chi connectivity index (χ3n) is 1.81. The Labute approximate surface area is 91.4 Å². The molecular formula is C6H10NNaO4. The van der Waals surface area contributed by atoms with E-state index in [2.05, 4.69) is 5.32 Å². The number of hydrogen-bond donors (Lipinski definition) is 3. The van der Waals surface area contributed by atoms with Gasteiger partial charge in [0, 0.05) is 0 Å². The van der Waals surface area contributed by atoms with Crippen LogP contribution in [-0.4, -0.2) is 64.3 Å². The average Bonchev–Trinajstić information content (AvgIpc) is 2.32. The van der Waals surface area contributed by atoms with Crippen LogP contribution in [0.3, 0.4) is 0 Å². The Kier molecular flexibility index (Phi) is 4.77. The SMILES string of the molecule is O=C(O)C1CCNC1C(=O)O.[NaH]. The van der Waals surface area contributed by atoms with Crippen molar-refractivity contribution in [2.75, 3.05) is 6.54 Å². The van der Waals surface area contributed by atoms with Crippen LogP contribution in [0.25, 0.3) is 0 Å². The van der Waals surface area contributed by atoms with Crippen LogP contribution in [-0.2, 0) is 9.59 Å². The van der Waals surface area contributed by atoms with Gasteiger partial charge in [0.1, 0.15) is 6.04 Å². The van der Waals surface area contributed by atoms with Crippen molar-refractivity contribution in [3.05, 3.63) is 0 Å². The standard InChI is InChI=1S/C6H9NO4.Na.H/c8-5(9)3-1-2-7-4(3)6(10)11;;/h3-4,7H,1-2H2,(H,8,9)(H,10,11);;. The first-order valence-corrected chi connectivity index (χ1v) is 3.32. The molecule has 5 nitrogen and oxygen atoms in total. The minimum atomic E-state index is -1.09. The molecule has 0 aliphatic carbocycles. The fraction of sp³-hybridized carbons (Fsp3) is 0.667. The first-order chi connectivity index (χ1) is 5.13. The number of rotatable bonds is 2. The van der Waals surface area contributed by atoms with E-state index in [9.17, 15) is 9.59 Å². The molecule has 2 unspecified atom stereocenters. The van der Waals surface area contributed by atoms with Crippen LogP contribution in [0.15, 0.2) is 0 Å². The molecule has 0 bridgehead atoms. The number of hydrogen-bond acceptors (Lipinski definition) is 3. The molecule has 1 fully saturated rings. The van der Waals surface area contributed by atoms with Crippen molar-refractivity contribution in [3.8, 4) is 0 Å². The fourth-order valence-corrected chi connectivity index (χ4v) is 1.23. The van der Waals surface area contributed by atoms with E-state index < -0.39 is 23.9 Å². The van der Waals surface area contributed by atoms with Crippen molar-refractivity contribution < 1.29 is 19.8 Å². The molecule has 0 aromatic rings. The van der Waals surface area contributed by atoms with Gasteiger partial charge in [-0.2, -0.15) is 0 Å². The average molecular weight is 183 g/mol. The van der Waals surface area contributed by atoms with Crippen molar-refractivity contribution in [2.45, 2.75) is 12.5 Å². The number of aliphatic carboxylic acids is 2. The van der Waals surface area contributed by atoms with E-state index >= 15 is 0 Å². The van der Waals surface area contributed by atoms with E-state index in [1.807, 2.05) is 0 Å². The van der Waals surface area contributed by atoms with E-state index in [0.717, 1.165) is 0 Å². The molecule has 12 heavy (non-hydrogen) atoms. The Morgan fingerprint density at radius 2 is 1.83 bits per heavy atom. The Hall–Kier alpha value is -0.100.